The molecule has 232 valence electrons. The third kappa shape index (κ3) is 7.48. The van der Waals surface area contributed by atoms with Crippen LogP contribution >= 0.6 is 46.4 Å². The van der Waals surface area contributed by atoms with Gasteiger partial charge in [0.05, 0.1) is 56.1 Å². The third-order valence-electron chi connectivity index (χ3n) is 7.29. The predicted octanol–water partition coefficient (Wildman–Crippen LogP) is 7.92. The van der Waals surface area contributed by atoms with Crippen molar-refractivity contribution in [3.8, 4) is 0 Å². The molecule has 2 aliphatic rings. The molecule has 4 rings (SSSR count). The van der Waals surface area contributed by atoms with Gasteiger partial charge in [-0.25, -0.2) is 0 Å². The molecular formula is C31H36Cl4N4O4. The minimum Gasteiger partial charge on any atom is -0.466 e. The number of halogens is 4. The lowest BCUT2D eigenvalue weighted by Gasteiger charge is -2.30. The van der Waals surface area contributed by atoms with Crippen molar-refractivity contribution in [3.63, 3.8) is 0 Å². The van der Waals surface area contributed by atoms with Crippen molar-refractivity contribution in [1.29, 1.82) is 0 Å². The standard InChI is InChI=1S/C31H36Cl4N4O4/c1-5-36-26-16-22(32)24(34)18-28(26)38(12-8-14-42-20(3)40)30(36)10-7-11-31-37(6-2)27-17-23(33)25(35)19-29(27)39(31)13-9-15-43-21(4)41/h7,10-11,16-19,30H,5-6,8-9,12-15H2,1-4H3/b10-7+,31-11+/t30-/m0/s1. The van der Waals surface area contributed by atoms with Gasteiger partial charge in [0.1, 0.15) is 12.0 Å². The van der Waals surface area contributed by atoms with Crippen LogP contribution in [0.5, 0.6) is 0 Å². The van der Waals surface area contributed by atoms with E-state index in [1.165, 1.54) is 13.8 Å². The Balaban J connectivity index is 1.66. The fourth-order valence-electron chi connectivity index (χ4n) is 5.49. The average Bonchev–Trinajstić information content (AvgIpc) is 3.39. The number of carbonyl (C=O) groups is 2. The molecule has 2 heterocycles. The van der Waals surface area contributed by atoms with Crippen LogP contribution in [0, 0.1) is 0 Å². The number of hydrogen-bond donors (Lipinski definition) is 0. The highest BCUT2D eigenvalue weighted by molar-refractivity contribution is 6.43. The zero-order valence-electron chi connectivity index (χ0n) is 24.7. The molecule has 2 aromatic carbocycles. The Labute approximate surface area is 273 Å². The van der Waals surface area contributed by atoms with Crippen molar-refractivity contribution in [3.05, 3.63) is 68.4 Å². The molecule has 0 aromatic heterocycles. The van der Waals surface area contributed by atoms with Crippen LogP contribution in [0.2, 0.25) is 20.1 Å². The van der Waals surface area contributed by atoms with Crippen LogP contribution in [0.4, 0.5) is 22.7 Å². The van der Waals surface area contributed by atoms with Gasteiger partial charge in [-0.3, -0.25) is 9.59 Å². The Morgan fingerprint density at radius 1 is 0.721 bits per heavy atom. The van der Waals surface area contributed by atoms with Crippen molar-refractivity contribution in [2.45, 2.75) is 46.7 Å². The SMILES string of the molecule is CCN1/C(=C\C=C\[C@H]2N(CC)c3cc(Cl)c(Cl)cc3N2CCCOC(C)=O)N(CCCOC(C)=O)c2cc(Cl)c(Cl)cc21. The molecular weight excluding hydrogens is 634 g/mol. The molecule has 1 atom stereocenters. The van der Waals surface area contributed by atoms with Gasteiger partial charge in [0.2, 0.25) is 0 Å². The molecule has 0 saturated heterocycles. The fraction of sp³-hybridized carbons (Fsp3) is 0.419. The van der Waals surface area contributed by atoms with Crippen LogP contribution in [0.25, 0.3) is 0 Å². The summed E-state index contributed by atoms with van der Waals surface area (Å²) in [5.41, 5.74) is 3.87. The second-order valence-electron chi connectivity index (χ2n) is 10.1. The van der Waals surface area contributed by atoms with E-state index in [9.17, 15) is 9.59 Å². The van der Waals surface area contributed by atoms with E-state index in [4.69, 9.17) is 55.9 Å². The van der Waals surface area contributed by atoms with Gasteiger partial charge < -0.3 is 29.1 Å². The second-order valence-corrected chi connectivity index (χ2v) is 11.7. The first-order valence-corrected chi connectivity index (χ1v) is 15.8. The van der Waals surface area contributed by atoms with Gasteiger partial charge in [-0.2, -0.15) is 0 Å². The van der Waals surface area contributed by atoms with Crippen molar-refractivity contribution >= 4 is 81.1 Å². The van der Waals surface area contributed by atoms with Gasteiger partial charge in [0.15, 0.2) is 0 Å². The zero-order valence-corrected chi connectivity index (χ0v) is 27.7. The van der Waals surface area contributed by atoms with Gasteiger partial charge in [-0.15, -0.1) is 0 Å². The average molecular weight is 670 g/mol. The van der Waals surface area contributed by atoms with E-state index in [2.05, 4.69) is 45.6 Å². The summed E-state index contributed by atoms with van der Waals surface area (Å²) in [6.45, 7) is 10.3. The lowest BCUT2D eigenvalue weighted by atomic mass is 10.2. The Morgan fingerprint density at radius 2 is 1.21 bits per heavy atom. The summed E-state index contributed by atoms with van der Waals surface area (Å²) in [6, 6.07) is 7.56. The molecule has 0 aliphatic carbocycles. The number of rotatable bonds is 12. The summed E-state index contributed by atoms with van der Waals surface area (Å²) in [5, 5.41) is 1.94. The molecule has 2 aliphatic heterocycles. The maximum atomic E-state index is 11.3. The number of nitrogens with zero attached hydrogens (tertiary/aromatic N) is 4. The van der Waals surface area contributed by atoms with Gasteiger partial charge >= 0.3 is 11.9 Å². The third-order valence-corrected chi connectivity index (χ3v) is 8.74. The summed E-state index contributed by atoms with van der Waals surface area (Å²) >= 11 is 25.7. The molecule has 0 radical (unpaired) electrons. The first-order valence-electron chi connectivity index (χ1n) is 14.3. The van der Waals surface area contributed by atoms with Gasteiger partial charge in [-0.1, -0.05) is 52.5 Å². The molecule has 12 heteroatoms. The number of benzene rings is 2. The number of allylic oxidation sites excluding steroid dienone is 2. The lowest BCUT2D eigenvalue weighted by molar-refractivity contribution is -0.141. The molecule has 0 amide bonds. The van der Waals surface area contributed by atoms with E-state index < -0.39 is 0 Å². The number of ether oxygens (including phenoxy) is 2. The minimum absolute atomic E-state index is 0.121. The summed E-state index contributed by atoms with van der Waals surface area (Å²) in [4.78, 5) is 31.5. The van der Waals surface area contributed by atoms with E-state index >= 15 is 0 Å². The number of fused-ring (bicyclic) bond motifs is 2. The topological polar surface area (TPSA) is 65.6 Å². The normalized spacial score (nSPS) is 16.8. The van der Waals surface area contributed by atoms with Crippen molar-refractivity contribution in [2.75, 3.05) is 59.0 Å². The number of esters is 2. The number of hydrogen-bond acceptors (Lipinski definition) is 8. The molecule has 2 aromatic rings. The van der Waals surface area contributed by atoms with E-state index in [0.29, 0.717) is 65.8 Å². The maximum Gasteiger partial charge on any atom is 0.302 e. The molecule has 0 bridgehead atoms. The lowest BCUT2D eigenvalue weighted by Crippen LogP contribution is -2.42. The summed E-state index contributed by atoms with van der Waals surface area (Å²) in [5.74, 6) is 0.359. The maximum absolute atomic E-state index is 11.3. The van der Waals surface area contributed by atoms with Crippen LogP contribution in [-0.4, -0.2) is 57.5 Å². The Kier molecular flexibility index (Phi) is 11.4. The number of carbonyl (C=O) groups excluding carboxylic acids is 2. The summed E-state index contributed by atoms with van der Waals surface area (Å²) in [6.07, 6.45) is 7.43. The molecule has 43 heavy (non-hydrogen) atoms. The van der Waals surface area contributed by atoms with Crippen molar-refractivity contribution in [1.82, 2.24) is 0 Å². The van der Waals surface area contributed by atoms with Gasteiger partial charge in [-0.05, 0) is 63.1 Å². The van der Waals surface area contributed by atoms with E-state index in [-0.39, 0.29) is 18.1 Å². The highest BCUT2D eigenvalue weighted by Gasteiger charge is 2.35. The molecule has 0 saturated carbocycles. The van der Waals surface area contributed by atoms with Crippen LogP contribution in [-0.2, 0) is 19.1 Å². The smallest absolute Gasteiger partial charge is 0.302 e. The summed E-state index contributed by atoms with van der Waals surface area (Å²) < 4.78 is 10.4. The van der Waals surface area contributed by atoms with Crippen LogP contribution < -0.4 is 19.6 Å². The van der Waals surface area contributed by atoms with Crippen LogP contribution in [0.1, 0.15) is 40.5 Å². The van der Waals surface area contributed by atoms with Crippen molar-refractivity contribution in [2.24, 2.45) is 0 Å². The fourth-order valence-corrected chi connectivity index (χ4v) is 6.12. The molecule has 0 unspecified atom stereocenters. The predicted molar refractivity (Wildman–Crippen MR) is 177 cm³/mol. The second kappa shape index (κ2) is 14.8. The largest absolute Gasteiger partial charge is 0.466 e. The number of likely N-dealkylation sites (N-methyl/N-ethyl adjacent to an activating group) is 1. The first-order chi connectivity index (χ1) is 20.6. The van der Waals surface area contributed by atoms with Crippen LogP contribution in [0.3, 0.4) is 0 Å². The minimum atomic E-state index is -0.302. The van der Waals surface area contributed by atoms with Crippen molar-refractivity contribution < 1.29 is 19.1 Å². The Hall–Kier alpha value is -2.78. The molecule has 0 fully saturated rings. The van der Waals surface area contributed by atoms with Crippen LogP contribution in [0.15, 0.2) is 48.3 Å². The molecule has 0 N–H and O–H groups in total. The summed E-state index contributed by atoms with van der Waals surface area (Å²) in [7, 11) is 0. The molecule has 8 nitrogen and oxygen atoms in total. The van der Waals surface area contributed by atoms with E-state index in [1.54, 1.807) is 0 Å². The zero-order chi connectivity index (χ0) is 31.3. The highest BCUT2D eigenvalue weighted by Crippen LogP contribution is 2.46. The molecule has 0 spiro atoms. The first kappa shape index (κ1) is 33.1. The van der Waals surface area contributed by atoms with Gasteiger partial charge in [0.25, 0.3) is 0 Å². The number of anilines is 4. The Bertz CT molecular complexity index is 1420. The highest BCUT2D eigenvalue weighted by atomic mass is 35.5. The quantitative estimate of drug-likeness (QED) is 0.167. The van der Waals surface area contributed by atoms with E-state index in [0.717, 1.165) is 35.1 Å². The monoisotopic (exact) mass is 668 g/mol. The Morgan fingerprint density at radius 3 is 1.72 bits per heavy atom. The van der Waals surface area contributed by atoms with Gasteiger partial charge in [0, 0.05) is 40.0 Å². The van der Waals surface area contributed by atoms with E-state index in [1.807, 2.05) is 30.3 Å².